The minimum absolute atomic E-state index is 0.0836. The molecule has 0 aromatic carbocycles. The first-order valence-corrected chi connectivity index (χ1v) is 6.33. The van der Waals surface area contributed by atoms with Crippen molar-refractivity contribution >= 4 is 17.7 Å². The molecule has 1 heterocycles. The van der Waals surface area contributed by atoms with E-state index in [9.17, 15) is 4.79 Å². The number of hydrogen-bond acceptors (Lipinski definition) is 4. The summed E-state index contributed by atoms with van der Waals surface area (Å²) < 4.78 is 0. The second-order valence-electron chi connectivity index (χ2n) is 4.46. The molecule has 94 valence electrons. The third kappa shape index (κ3) is 4.75. The summed E-state index contributed by atoms with van der Waals surface area (Å²) in [7, 11) is 0. The molecule has 1 aromatic heterocycles. The molecule has 0 fully saturated rings. The van der Waals surface area contributed by atoms with E-state index in [1.165, 1.54) is 11.8 Å². The predicted molar refractivity (Wildman–Crippen MR) is 68.9 cm³/mol. The Morgan fingerprint density at radius 2 is 2.29 bits per heavy atom. The van der Waals surface area contributed by atoms with Gasteiger partial charge in [0.15, 0.2) is 0 Å². The Hall–Kier alpha value is -1.07. The van der Waals surface area contributed by atoms with Gasteiger partial charge in [-0.1, -0.05) is 17.8 Å². The van der Waals surface area contributed by atoms with E-state index in [1.54, 1.807) is 20.0 Å². The van der Waals surface area contributed by atoms with E-state index in [-0.39, 0.29) is 17.8 Å². The maximum absolute atomic E-state index is 11.9. The molecule has 4 nitrogen and oxygen atoms in total. The fourth-order valence-corrected chi connectivity index (χ4v) is 1.93. The lowest BCUT2D eigenvalue weighted by Crippen LogP contribution is -2.48. The maximum atomic E-state index is 11.9. The van der Waals surface area contributed by atoms with Crippen LogP contribution in [-0.2, 0) is 4.79 Å². The number of aliphatic hydroxyl groups is 1. The molecule has 1 amide bonds. The van der Waals surface area contributed by atoms with Crippen LogP contribution in [0.2, 0.25) is 0 Å². The van der Waals surface area contributed by atoms with Crippen LogP contribution in [0.4, 0.5) is 0 Å². The van der Waals surface area contributed by atoms with Crippen LogP contribution in [0, 0.1) is 0 Å². The largest absolute Gasteiger partial charge is 0.394 e. The number of aromatic nitrogens is 1. The molecular formula is C12H18N2O2S. The van der Waals surface area contributed by atoms with Gasteiger partial charge in [-0.15, -0.1) is 0 Å². The fraction of sp³-hybridized carbons (Fsp3) is 0.500. The van der Waals surface area contributed by atoms with Crippen molar-refractivity contribution < 1.29 is 9.90 Å². The second-order valence-corrected chi connectivity index (χ2v) is 5.82. The van der Waals surface area contributed by atoms with Crippen LogP contribution in [0.15, 0.2) is 29.4 Å². The third-order valence-corrected chi connectivity index (χ3v) is 3.21. The molecule has 2 N–H and O–H groups in total. The second kappa shape index (κ2) is 6.02. The molecule has 1 unspecified atom stereocenters. The van der Waals surface area contributed by atoms with Gasteiger partial charge < -0.3 is 10.4 Å². The summed E-state index contributed by atoms with van der Waals surface area (Å²) in [4.78, 5) is 16.0. The Kier molecular flexibility index (Phi) is 4.96. The van der Waals surface area contributed by atoms with Gasteiger partial charge in [0.1, 0.15) is 0 Å². The Labute approximate surface area is 106 Å². The summed E-state index contributed by atoms with van der Waals surface area (Å²) in [5.41, 5.74) is -0.587. The lowest BCUT2D eigenvalue weighted by molar-refractivity contribution is -0.122. The first-order chi connectivity index (χ1) is 7.94. The first-order valence-electron chi connectivity index (χ1n) is 5.45. The van der Waals surface area contributed by atoms with Crippen molar-refractivity contribution in [2.24, 2.45) is 0 Å². The maximum Gasteiger partial charge on any atom is 0.233 e. The smallest absolute Gasteiger partial charge is 0.233 e. The number of rotatable bonds is 5. The molecular weight excluding hydrogens is 236 g/mol. The van der Waals surface area contributed by atoms with Gasteiger partial charge in [-0.3, -0.25) is 4.79 Å². The lowest BCUT2D eigenvalue weighted by Gasteiger charge is -2.25. The summed E-state index contributed by atoms with van der Waals surface area (Å²) in [5.74, 6) is -0.0975. The van der Waals surface area contributed by atoms with Gasteiger partial charge in [0.25, 0.3) is 0 Å². The standard InChI is InChI=1S/C12H18N2O2S/c1-9(11(16)14-12(2,3)8-15)17-10-6-4-5-7-13-10/h4-7,9,15H,8H2,1-3H3,(H,14,16). The van der Waals surface area contributed by atoms with Crippen LogP contribution in [0.5, 0.6) is 0 Å². The minimum atomic E-state index is -0.587. The number of carbonyl (C=O) groups is 1. The number of hydrogen-bond donors (Lipinski definition) is 2. The summed E-state index contributed by atoms with van der Waals surface area (Å²) in [5, 5.41) is 12.4. The van der Waals surface area contributed by atoms with Crippen molar-refractivity contribution in [1.82, 2.24) is 10.3 Å². The van der Waals surface area contributed by atoms with E-state index in [4.69, 9.17) is 5.11 Å². The highest BCUT2D eigenvalue weighted by Gasteiger charge is 2.23. The Balaban J connectivity index is 2.54. The van der Waals surface area contributed by atoms with Crippen LogP contribution in [0.25, 0.3) is 0 Å². The Morgan fingerprint density at radius 3 is 2.82 bits per heavy atom. The van der Waals surface area contributed by atoms with Crippen LogP contribution in [0.3, 0.4) is 0 Å². The number of pyridine rings is 1. The van der Waals surface area contributed by atoms with Crippen LogP contribution < -0.4 is 5.32 Å². The van der Waals surface area contributed by atoms with Gasteiger partial charge in [0.2, 0.25) is 5.91 Å². The average Bonchev–Trinajstić information content (AvgIpc) is 2.30. The van der Waals surface area contributed by atoms with Crippen LogP contribution >= 0.6 is 11.8 Å². The summed E-state index contributed by atoms with van der Waals surface area (Å²) >= 11 is 1.40. The number of aliphatic hydroxyl groups excluding tert-OH is 1. The molecule has 0 spiro atoms. The van der Waals surface area contributed by atoms with E-state index in [1.807, 2.05) is 25.1 Å². The highest BCUT2D eigenvalue weighted by Crippen LogP contribution is 2.20. The van der Waals surface area contributed by atoms with Crippen LogP contribution in [-0.4, -0.2) is 33.4 Å². The molecule has 0 radical (unpaired) electrons. The van der Waals surface area contributed by atoms with E-state index >= 15 is 0 Å². The monoisotopic (exact) mass is 254 g/mol. The molecule has 17 heavy (non-hydrogen) atoms. The van der Waals surface area contributed by atoms with Crippen molar-refractivity contribution in [2.75, 3.05) is 6.61 Å². The van der Waals surface area contributed by atoms with Crippen molar-refractivity contribution in [3.05, 3.63) is 24.4 Å². The van der Waals surface area contributed by atoms with E-state index in [2.05, 4.69) is 10.3 Å². The van der Waals surface area contributed by atoms with Gasteiger partial charge in [-0.05, 0) is 32.9 Å². The molecule has 0 aliphatic heterocycles. The van der Waals surface area contributed by atoms with Crippen molar-refractivity contribution in [3.63, 3.8) is 0 Å². The van der Waals surface area contributed by atoms with Crippen molar-refractivity contribution in [3.8, 4) is 0 Å². The molecule has 0 aliphatic carbocycles. The molecule has 0 bridgehead atoms. The Morgan fingerprint density at radius 1 is 1.59 bits per heavy atom. The molecule has 0 saturated carbocycles. The van der Waals surface area contributed by atoms with Gasteiger partial charge in [-0.25, -0.2) is 4.98 Å². The van der Waals surface area contributed by atoms with Gasteiger partial charge >= 0.3 is 0 Å². The van der Waals surface area contributed by atoms with E-state index < -0.39 is 5.54 Å². The zero-order valence-electron chi connectivity index (χ0n) is 10.3. The number of amides is 1. The third-order valence-electron chi connectivity index (χ3n) is 2.16. The zero-order chi connectivity index (χ0) is 12.9. The normalized spacial score (nSPS) is 13.2. The van der Waals surface area contributed by atoms with Crippen LogP contribution in [0.1, 0.15) is 20.8 Å². The highest BCUT2D eigenvalue weighted by atomic mass is 32.2. The van der Waals surface area contributed by atoms with Gasteiger partial charge in [0.05, 0.1) is 22.4 Å². The summed E-state index contributed by atoms with van der Waals surface area (Å²) in [6.45, 7) is 5.30. The van der Waals surface area contributed by atoms with Crippen molar-refractivity contribution in [2.45, 2.75) is 36.6 Å². The van der Waals surface area contributed by atoms with Crippen molar-refractivity contribution in [1.29, 1.82) is 0 Å². The molecule has 0 aliphatic rings. The highest BCUT2D eigenvalue weighted by molar-refractivity contribution is 8.00. The number of thioether (sulfide) groups is 1. The van der Waals surface area contributed by atoms with E-state index in [0.717, 1.165) is 5.03 Å². The van der Waals surface area contributed by atoms with Gasteiger partial charge in [0, 0.05) is 6.20 Å². The van der Waals surface area contributed by atoms with Gasteiger partial charge in [-0.2, -0.15) is 0 Å². The molecule has 1 rings (SSSR count). The Bertz CT molecular complexity index is 368. The quantitative estimate of drug-likeness (QED) is 0.781. The summed E-state index contributed by atoms with van der Waals surface area (Å²) in [6, 6.07) is 5.59. The predicted octanol–water partition coefficient (Wildman–Crippen LogP) is 1.45. The lowest BCUT2D eigenvalue weighted by atomic mass is 10.1. The fourth-order valence-electron chi connectivity index (χ4n) is 1.13. The number of carbonyl (C=O) groups excluding carboxylic acids is 1. The number of nitrogens with zero attached hydrogens (tertiary/aromatic N) is 1. The SMILES string of the molecule is CC(Sc1ccccn1)C(=O)NC(C)(C)CO. The zero-order valence-corrected chi connectivity index (χ0v) is 11.1. The first kappa shape index (κ1) is 14.0. The molecule has 5 heteroatoms. The molecule has 1 aromatic rings. The average molecular weight is 254 g/mol. The topological polar surface area (TPSA) is 62.2 Å². The molecule has 1 atom stereocenters. The minimum Gasteiger partial charge on any atom is -0.394 e. The van der Waals surface area contributed by atoms with E-state index in [0.29, 0.717) is 0 Å². The number of nitrogens with one attached hydrogen (secondary N) is 1. The molecule has 0 saturated heterocycles. The summed E-state index contributed by atoms with van der Waals surface area (Å²) in [6.07, 6.45) is 1.70.